The summed E-state index contributed by atoms with van der Waals surface area (Å²) in [7, 11) is 0. The van der Waals surface area contributed by atoms with Crippen LogP contribution in [0, 0.1) is 12.7 Å². The van der Waals surface area contributed by atoms with Crippen molar-refractivity contribution in [2.75, 3.05) is 23.3 Å². The number of hydrogen-bond acceptors (Lipinski definition) is 5. The molecule has 0 atom stereocenters. The van der Waals surface area contributed by atoms with E-state index in [1.54, 1.807) is 23.1 Å². The van der Waals surface area contributed by atoms with Gasteiger partial charge in [0.2, 0.25) is 0 Å². The third kappa shape index (κ3) is 4.45. The predicted molar refractivity (Wildman–Crippen MR) is 125 cm³/mol. The Bertz CT molecular complexity index is 1300. The molecule has 0 bridgehead atoms. The predicted octanol–water partition coefficient (Wildman–Crippen LogP) is 4.63. The molecule has 1 aliphatic heterocycles. The van der Waals surface area contributed by atoms with Crippen molar-refractivity contribution in [3.63, 3.8) is 0 Å². The number of anilines is 2. The number of aryl methyl sites for hydroxylation is 1. The van der Waals surface area contributed by atoms with Gasteiger partial charge in [-0.3, -0.25) is 9.78 Å². The van der Waals surface area contributed by atoms with Crippen LogP contribution in [0.1, 0.15) is 28.8 Å². The van der Waals surface area contributed by atoms with Crippen molar-refractivity contribution < 1.29 is 9.18 Å². The Morgan fingerprint density at radius 1 is 1.09 bits per heavy atom. The summed E-state index contributed by atoms with van der Waals surface area (Å²) in [6.07, 6.45) is 7.41. The van der Waals surface area contributed by atoms with E-state index in [1.165, 1.54) is 12.1 Å². The molecular weight excluding hydrogens is 419 g/mol. The maximum atomic E-state index is 14.2. The highest BCUT2D eigenvalue weighted by Crippen LogP contribution is 2.25. The summed E-state index contributed by atoms with van der Waals surface area (Å²) >= 11 is 0. The Hall–Kier alpha value is -4.07. The van der Waals surface area contributed by atoms with Crippen LogP contribution in [0.4, 0.5) is 15.8 Å². The summed E-state index contributed by atoms with van der Waals surface area (Å²) < 4.78 is 15.9. The van der Waals surface area contributed by atoms with E-state index in [1.807, 2.05) is 43.5 Å². The second kappa shape index (κ2) is 8.82. The first-order valence-corrected chi connectivity index (χ1v) is 10.9. The maximum absolute atomic E-state index is 14.2. The lowest BCUT2D eigenvalue weighted by molar-refractivity contribution is 0.102. The van der Waals surface area contributed by atoms with Gasteiger partial charge in [0.25, 0.3) is 5.91 Å². The molecule has 0 unspecified atom stereocenters. The van der Waals surface area contributed by atoms with Crippen LogP contribution in [-0.4, -0.2) is 39.0 Å². The molecular formula is C25H23FN6O. The number of hydrogen-bond donors (Lipinski definition) is 1. The van der Waals surface area contributed by atoms with Crippen LogP contribution in [0.25, 0.3) is 16.9 Å². The highest BCUT2D eigenvalue weighted by molar-refractivity contribution is 6.05. The van der Waals surface area contributed by atoms with Gasteiger partial charge in [-0.15, -0.1) is 5.10 Å². The van der Waals surface area contributed by atoms with Crippen molar-refractivity contribution in [3.8, 4) is 16.9 Å². The van der Waals surface area contributed by atoms with Gasteiger partial charge < -0.3 is 10.2 Å². The molecule has 166 valence electrons. The van der Waals surface area contributed by atoms with Crippen molar-refractivity contribution >= 4 is 17.3 Å². The number of pyridine rings is 1. The Balaban J connectivity index is 1.39. The van der Waals surface area contributed by atoms with Gasteiger partial charge in [-0.2, -0.15) is 0 Å². The quantitative estimate of drug-likeness (QED) is 0.488. The minimum Gasteiger partial charge on any atom is -0.371 e. The number of amides is 1. The molecule has 0 aliphatic carbocycles. The Morgan fingerprint density at radius 3 is 2.73 bits per heavy atom. The van der Waals surface area contributed by atoms with Crippen LogP contribution in [-0.2, 0) is 0 Å². The van der Waals surface area contributed by atoms with Crippen LogP contribution in [0.3, 0.4) is 0 Å². The van der Waals surface area contributed by atoms with Crippen LogP contribution in [0.5, 0.6) is 0 Å². The van der Waals surface area contributed by atoms with Crippen LogP contribution < -0.4 is 10.2 Å². The summed E-state index contributed by atoms with van der Waals surface area (Å²) in [5, 5.41) is 11.4. The number of rotatable bonds is 5. The molecule has 1 amide bonds. The second-order valence-corrected chi connectivity index (χ2v) is 8.14. The molecule has 7 nitrogen and oxygen atoms in total. The monoisotopic (exact) mass is 442 g/mol. The van der Waals surface area contributed by atoms with Crippen LogP contribution >= 0.6 is 0 Å². The summed E-state index contributed by atoms with van der Waals surface area (Å²) in [6, 6.07) is 13.8. The van der Waals surface area contributed by atoms with Crippen LogP contribution in [0.2, 0.25) is 0 Å². The Morgan fingerprint density at radius 2 is 1.94 bits per heavy atom. The number of nitrogens with one attached hydrogen (secondary N) is 1. The number of halogens is 1. The molecule has 8 heteroatoms. The van der Waals surface area contributed by atoms with Gasteiger partial charge in [-0.25, -0.2) is 9.07 Å². The largest absolute Gasteiger partial charge is 0.371 e. The van der Waals surface area contributed by atoms with Crippen molar-refractivity contribution in [2.45, 2.75) is 19.8 Å². The van der Waals surface area contributed by atoms with E-state index in [9.17, 15) is 9.18 Å². The summed E-state index contributed by atoms with van der Waals surface area (Å²) in [5.74, 6) is -0.779. The summed E-state index contributed by atoms with van der Waals surface area (Å²) in [4.78, 5) is 19.1. The highest BCUT2D eigenvalue weighted by Gasteiger charge is 2.17. The van der Waals surface area contributed by atoms with Gasteiger partial charge >= 0.3 is 0 Å². The topological polar surface area (TPSA) is 75.9 Å². The van der Waals surface area contributed by atoms with E-state index in [2.05, 4.69) is 25.5 Å². The van der Waals surface area contributed by atoms with E-state index in [0.717, 1.165) is 48.4 Å². The zero-order chi connectivity index (χ0) is 22.8. The third-order valence-corrected chi connectivity index (χ3v) is 5.78. The van der Waals surface area contributed by atoms with Gasteiger partial charge in [0, 0.05) is 48.0 Å². The molecule has 0 radical (unpaired) electrons. The van der Waals surface area contributed by atoms with Crippen molar-refractivity contribution in [1.82, 2.24) is 20.0 Å². The summed E-state index contributed by atoms with van der Waals surface area (Å²) in [6.45, 7) is 3.72. The maximum Gasteiger partial charge on any atom is 0.255 e. The molecule has 1 saturated heterocycles. The second-order valence-electron chi connectivity index (χ2n) is 8.14. The lowest BCUT2D eigenvalue weighted by Crippen LogP contribution is -2.19. The SMILES string of the molecule is Cc1ccc(NC(=O)c2cc(F)cc(N3CCCC3)c2)cc1-n1cc(-c2cccnc2)nn1. The molecule has 1 N–H and O–H groups in total. The first-order chi connectivity index (χ1) is 16.1. The molecule has 1 aliphatic rings. The van der Waals surface area contributed by atoms with E-state index in [4.69, 9.17) is 0 Å². The van der Waals surface area contributed by atoms with Crippen molar-refractivity contribution in [3.05, 3.63) is 84.1 Å². The van der Waals surface area contributed by atoms with Gasteiger partial charge in [0.1, 0.15) is 11.5 Å². The zero-order valence-electron chi connectivity index (χ0n) is 18.2. The molecule has 1 fully saturated rings. The Labute approximate surface area is 190 Å². The van der Waals surface area contributed by atoms with Gasteiger partial charge in [-0.1, -0.05) is 11.3 Å². The molecule has 0 spiro atoms. The number of carbonyl (C=O) groups excluding carboxylic acids is 1. The molecule has 33 heavy (non-hydrogen) atoms. The van der Waals surface area contributed by atoms with Gasteiger partial charge in [0.05, 0.1) is 11.9 Å². The van der Waals surface area contributed by atoms with Gasteiger partial charge in [0.15, 0.2) is 0 Å². The first-order valence-electron chi connectivity index (χ1n) is 10.9. The fourth-order valence-electron chi connectivity index (χ4n) is 4.03. The van der Waals surface area contributed by atoms with Crippen molar-refractivity contribution in [1.29, 1.82) is 0 Å². The zero-order valence-corrected chi connectivity index (χ0v) is 18.2. The first kappa shape index (κ1) is 20.8. The van der Waals surface area contributed by atoms with E-state index >= 15 is 0 Å². The lowest BCUT2D eigenvalue weighted by atomic mass is 10.1. The van der Waals surface area contributed by atoms with E-state index < -0.39 is 5.82 Å². The number of benzene rings is 2. The molecule has 4 aromatic rings. The number of carbonyl (C=O) groups is 1. The fourth-order valence-corrected chi connectivity index (χ4v) is 4.03. The normalized spacial score (nSPS) is 13.3. The standard InChI is InChI=1S/C25H23FN6O/c1-17-6-7-21(14-24(17)32-16-23(29-30-32)18-5-4-8-27-15-18)28-25(33)19-11-20(26)13-22(12-19)31-9-2-3-10-31/h4-8,11-16H,2-3,9-10H2,1H3,(H,28,33). The van der Waals surface area contributed by atoms with E-state index in [0.29, 0.717) is 16.9 Å². The number of nitrogens with zero attached hydrogens (tertiary/aromatic N) is 5. The molecule has 3 heterocycles. The average molecular weight is 442 g/mol. The van der Waals surface area contributed by atoms with Crippen LogP contribution in [0.15, 0.2) is 67.1 Å². The van der Waals surface area contributed by atoms with E-state index in [-0.39, 0.29) is 5.91 Å². The molecule has 2 aromatic heterocycles. The fraction of sp³-hybridized carbons (Fsp3) is 0.200. The minimum atomic E-state index is -0.417. The third-order valence-electron chi connectivity index (χ3n) is 5.78. The highest BCUT2D eigenvalue weighted by atomic mass is 19.1. The number of aromatic nitrogens is 4. The van der Waals surface area contributed by atoms with Gasteiger partial charge in [-0.05, 0) is 67.8 Å². The molecule has 5 rings (SSSR count). The summed E-state index contributed by atoms with van der Waals surface area (Å²) in [5.41, 5.74) is 4.94. The Kier molecular flexibility index (Phi) is 5.56. The smallest absolute Gasteiger partial charge is 0.255 e. The molecule has 2 aromatic carbocycles. The average Bonchev–Trinajstić information content (AvgIpc) is 3.53. The minimum absolute atomic E-state index is 0.290. The van der Waals surface area contributed by atoms with Crippen molar-refractivity contribution in [2.24, 2.45) is 0 Å². The molecule has 0 saturated carbocycles. The lowest BCUT2D eigenvalue weighted by Gasteiger charge is -2.18.